The minimum atomic E-state index is 1.02. The van der Waals surface area contributed by atoms with E-state index in [1.165, 1.54) is 97.3 Å². The van der Waals surface area contributed by atoms with Crippen molar-refractivity contribution in [3.63, 3.8) is 0 Å². The molecule has 43 heavy (non-hydrogen) atoms. The molecule has 1 aliphatic rings. The van der Waals surface area contributed by atoms with Crippen molar-refractivity contribution in [1.82, 2.24) is 0 Å². The van der Waals surface area contributed by atoms with Gasteiger partial charge in [-0.3, -0.25) is 0 Å². The molecule has 242 valence electrons. The molecule has 0 aromatic heterocycles. The fourth-order valence-electron chi connectivity index (χ4n) is 5.89. The first kappa shape index (κ1) is 37.2. The number of hydrogen-bond acceptors (Lipinski definition) is 0. The number of unbranched alkanes of at least 4 members (excludes halogenated alkanes) is 8. The predicted octanol–water partition coefficient (Wildman–Crippen LogP) is 13.4. The van der Waals surface area contributed by atoms with Gasteiger partial charge in [-0.1, -0.05) is 103 Å². The third-order valence-electron chi connectivity index (χ3n) is 8.28. The van der Waals surface area contributed by atoms with Crippen LogP contribution in [0.1, 0.15) is 154 Å². The molecule has 0 unspecified atom stereocenters. The molecule has 2 aromatic rings. The molecule has 3 rings (SSSR count). The van der Waals surface area contributed by atoms with Crippen LogP contribution in [0, 0.1) is 0 Å². The Hall–Kier alpha value is -1.99. The standard InChI is InChI=1S/C36H52N2.2C2H5.Ni/c1-5-9-13-14-15-16-26-34-33(25-12-8-4)35(31-23-17-21-29(27-31)19-10-6-2)38(37)36(34)32-24-18-22-30(28-32)20-11-7-3;2*1-2;/h17-18,21-24,27-28H,5-16,19-20,25-26H2,1-4H3;2*1H2,2H3;. The number of allylic oxidation sites excluding steroid dienone is 2. The minimum absolute atomic E-state index is 1.02. The molecule has 0 N–H and O–H groups in total. The number of benzene rings is 2. The van der Waals surface area contributed by atoms with Gasteiger partial charge in [0, 0.05) is 22.3 Å². The van der Waals surface area contributed by atoms with Gasteiger partial charge in [0.25, 0.3) is 0 Å². The summed E-state index contributed by atoms with van der Waals surface area (Å²) in [6.07, 6.45) is 19.1. The molecule has 0 fully saturated rings. The zero-order chi connectivity index (χ0) is 31.3. The van der Waals surface area contributed by atoms with Gasteiger partial charge in [0.05, 0.1) is 0 Å². The van der Waals surface area contributed by atoms with Gasteiger partial charge in [0.15, 0.2) is 0 Å². The summed E-state index contributed by atoms with van der Waals surface area (Å²) in [5, 5.41) is 2.56. The zero-order valence-electron chi connectivity index (χ0n) is 28.6. The van der Waals surface area contributed by atoms with Crippen LogP contribution in [0.5, 0.6) is 0 Å². The molecule has 0 bridgehead atoms. The third-order valence-corrected chi connectivity index (χ3v) is 9.26. The average Bonchev–Trinajstić information content (AvgIpc) is 3.31. The van der Waals surface area contributed by atoms with Crippen molar-refractivity contribution in [3.05, 3.63) is 87.5 Å². The van der Waals surface area contributed by atoms with Crippen molar-refractivity contribution >= 4 is 11.4 Å². The van der Waals surface area contributed by atoms with Crippen molar-refractivity contribution in [2.75, 3.05) is 0 Å². The summed E-state index contributed by atoms with van der Waals surface area (Å²) in [5.74, 6) is 0. The van der Waals surface area contributed by atoms with Crippen LogP contribution in [-0.2, 0) is 27.3 Å². The Morgan fingerprint density at radius 2 is 0.930 bits per heavy atom. The van der Waals surface area contributed by atoms with Crippen LogP contribution in [0.3, 0.4) is 0 Å². The maximum absolute atomic E-state index is 11.9. The summed E-state index contributed by atoms with van der Waals surface area (Å²) >= 11 is 1.82. The second kappa shape index (κ2) is 22.5. The second-order valence-corrected chi connectivity index (χ2v) is 13.7. The van der Waals surface area contributed by atoms with Gasteiger partial charge >= 0.3 is 39.1 Å². The molecule has 2 aromatic carbocycles. The molecule has 1 heterocycles. The van der Waals surface area contributed by atoms with Gasteiger partial charge < -0.3 is 5.53 Å². The Kier molecular flexibility index (Phi) is 19.5. The monoisotopic (exact) mass is 628 g/mol. The van der Waals surface area contributed by atoms with E-state index in [4.69, 9.17) is 0 Å². The predicted molar refractivity (Wildman–Crippen MR) is 186 cm³/mol. The van der Waals surface area contributed by atoms with Gasteiger partial charge in [-0.25, -0.2) is 4.70 Å². The van der Waals surface area contributed by atoms with Crippen molar-refractivity contribution in [3.8, 4) is 0 Å². The van der Waals surface area contributed by atoms with Crippen molar-refractivity contribution in [2.45, 2.75) is 155 Å². The van der Waals surface area contributed by atoms with E-state index in [-0.39, 0.29) is 0 Å². The molecule has 3 heteroatoms. The van der Waals surface area contributed by atoms with E-state index in [0.29, 0.717) is 0 Å². The first-order chi connectivity index (χ1) is 21.1. The number of aryl methyl sites for hydroxylation is 2. The molecule has 0 atom stereocenters. The zero-order valence-corrected chi connectivity index (χ0v) is 29.5. The van der Waals surface area contributed by atoms with Gasteiger partial charge in [-0.05, 0) is 86.8 Å². The molecule has 2 nitrogen and oxygen atoms in total. The van der Waals surface area contributed by atoms with E-state index < -0.39 is 0 Å². The third kappa shape index (κ3) is 12.5. The van der Waals surface area contributed by atoms with Gasteiger partial charge in [-0.15, -0.1) is 0 Å². The van der Waals surface area contributed by atoms with E-state index in [1.54, 1.807) is 4.70 Å². The molecule has 0 saturated carbocycles. The topological polar surface area (TPSA) is 25.3 Å². The van der Waals surface area contributed by atoms with Gasteiger partial charge in [0.1, 0.15) is 0 Å². The SMILES string of the molecule is CCCCCCCCC1=C(c2cccc(CCCC)c2)[N+](=[N-])C(c2cccc(CCCC)c2)=C1CCCC.C[CH2][Ni][CH2]C. The summed E-state index contributed by atoms with van der Waals surface area (Å²) in [6.45, 7) is 13.4. The van der Waals surface area contributed by atoms with Crippen LogP contribution in [-0.4, -0.2) is 4.70 Å². The fraction of sp³-hybridized carbons (Fsp3) is 0.600. The van der Waals surface area contributed by atoms with E-state index in [0.717, 1.165) is 61.0 Å². The van der Waals surface area contributed by atoms with Crippen molar-refractivity contribution < 1.29 is 19.1 Å². The molecular formula is C40H62N2Ni. The molecule has 0 spiro atoms. The van der Waals surface area contributed by atoms with E-state index in [2.05, 4.69) is 90.1 Å². The maximum atomic E-state index is 11.9. The van der Waals surface area contributed by atoms with Gasteiger partial charge in [0.2, 0.25) is 11.4 Å². The summed E-state index contributed by atoms with van der Waals surface area (Å²) in [5.41, 5.74) is 21.8. The molecule has 0 amide bonds. The molecule has 0 saturated heterocycles. The summed E-state index contributed by atoms with van der Waals surface area (Å²) in [7, 11) is 0. The van der Waals surface area contributed by atoms with Crippen LogP contribution >= 0.6 is 0 Å². The molecular weight excluding hydrogens is 567 g/mol. The number of hydrogen-bond donors (Lipinski definition) is 0. The van der Waals surface area contributed by atoms with Gasteiger partial charge in [-0.2, -0.15) is 0 Å². The Labute approximate surface area is 272 Å². The normalized spacial score (nSPS) is 13.2. The quantitative estimate of drug-likeness (QED) is 0.0791. The fourth-order valence-corrected chi connectivity index (χ4v) is 6.38. The van der Waals surface area contributed by atoms with Crippen LogP contribution in [0.15, 0.2) is 59.7 Å². The first-order valence-corrected chi connectivity index (χ1v) is 19.0. The van der Waals surface area contributed by atoms with Crippen LogP contribution < -0.4 is 0 Å². The van der Waals surface area contributed by atoms with Crippen LogP contribution in [0.4, 0.5) is 0 Å². The first-order valence-electron chi connectivity index (χ1n) is 17.6. The molecule has 0 radical (unpaired) electrons. The van der Waals surface area contributed by atoms with Crippen molar-refractivity contribution in [2.24, 2.45) is 0 Å². The van der Waals surface area contributed by atoms with E-state index in [1.807, 2.05) is 14.4 Å². The Bertz CT molecular complexity index is 1140. The Morgan fingerprint density at radius 3 is 1.37 bits per heavy atom. The van der Waals surface area contributed by atoms with E-state index in [9.17, 15) is 5.53 Å². The molecule has 1 aliphatic heterocycles. The Morgan fingerprint density at radius 1 is 0.512 bits per heavy atom. The van der Waals surface area contributed by atoms with E-state index >= 15 is 0 Å². The summed E-state index contributed by atoms with van der Waals surface area (Å²) < 4.78 is 1.56. The van der Waals surface area contributed by atoms with Crippen LogP contribution in [0.25, 0.3) is 16.9 Å². The Balaban J connectivity index is 0.00000119. The molecule has 0 aliphatic carbocycles. The summed E-state index contributed by atoms with van der Waals surface area (Å²) in [6, 6.07) is 17.9. The van der Waals surface area contributed by atoms with Crippen LogP contribution in [0.2, 0.25) is 10.8 Å². The van der Waals surface area contributed by atoms with Crippen molar-refractivity contribution in [1.29, 1.82) is 0 Å². The number of rotatable bonds is 20. The average molecular weight is 630 g/mol. The summed E-state index contributed by atoms with van der Waals surface area (Å²) in [4.78, 5) is 0. The second-order valence-electron chi connectivity index (χ2n) is 11.8. The number of nitrogens with zero attached hydrogens (tertiary/aromatic N) is 2.